The minimum absolute atomic E-state index is 0.194. The molecule has 0 saturated heterocycles. The molecule has 1 radical (unpaired) electrons. The van der Waals surface area contributed by atoms with Gasteiger partial charge in [0, 0.05) is 0 Å². The Bertz CT molecular complexity index is 74.6. The summed E-state index contributed by atoms with van der Waals surface area (Å²) in [6.07, 6.45) is 2.42. The molecule has 0 amide bonds. The molecule has 0 aromatic heterocycles. The number of halogens is 2. The molecule has 8 heavy (non-hydrogen) atoms. The zero-order valence-corrected chi connectivity index (χ0v) is 4.66. The smallest absolute Gasteiger partial charge is 0.168 e. The van der Waals surface area contributed by atoms with Crippen molar-refractivity contribution in [3.05, 3.63) is 6.67 Å². The lowest BCUT2D eigenvalue weighted by Crippen LogP contribution is -2.14. The first kappa shape index (κ1) is 5.99. The second-order valence-electron chi connectivity index (χ2n) is 2.35. The van der Waals surface area contributed by atoms with Crippen LogP contribution >= 0.6 is 0 Å². The maximum absolute atomic E-state index is 12.6. The van der Waals surface area contributed by atoms with Crippen LogP contribution in [0.1, 0.15) is 25.7 Å². The Labute approximate surface area is 47.9 Å². The van der Waals surface area contributed by atoms with Crippen LogP contribution in [0.2, 0.25) is 0 Å². The molecule has 0 aromatic rings. The standard InChI is InChI=1S/C6H9F2/c7-5-6(8)3-1-2-4-6/h5H,1-4H2. The van der Waals surface area contributed by atoms with Gasteiger partial charge in [0.15, 0.2) is 6.67 Å². The molecule has 0 atom stereocenters. The van der Waals surface area contributed by atoms with E-state index in [1.54, 1.807) is 0 Å². The molecule has 0 spiro atoms. The largest absolute Gasteiger partial charge is 0.241 e. The molecule has 47 valence electrons. The molecular formula is C6H9F2. The van der Waals surface area contributed by atoms with Gasteiger partial charge < -0.3 is 0 Å². The van der Waals surface area contributed by atoms with Crippen molar-refractivity contribution in [1.82, 2.24) is 0 Å². The summed E-state index contributed by atoms with van der Waals surface area (Å²) in [7, 11) is 0. The van der Waals surface area contributed by atoms with E-state index in [4.69, 9.17) is 0 Å². The van der Waals surface area contributed by atoms with Gasteiger partial charge in [0.05, 0.1) is 0 Å². The molecule has 0 nitrogen and oxygen atoms in total. The zero-order chi connectivity index (χ0) is 6.04. The van der Waals surface area contributed by atoms with Gasteiger partial charge in [0.25, 0.3) is 0 Å². The molecule has 0 bridgehead atoms. The maximum Gasteiger partial charge on any atom is 0.168 e. The highest BCUT2D eigenvalue weighted by Gasteiger charge is 2.33. The van der Waals surface area contributed by atoms with Crippen LogP contribution in [-0.4, -0.2) is 5.67 Å². The predicted molar refractivity (Wildman–Crippen MR) is 27.7 cm³/mol. The SMILES string of the molecule is F[CH]C1(F)CCCC1. The fourth-order valence-electron chi connectivity index (χ4n) is 1.07. The van der Waals surface area contributed by atoms with E-state index in [-0.39, 0.29) is 6.67 Å². The van der Waals surface area contributed by atoms with E-state index in [9.17, 15) is 8.78 Å². The van der Waals surface area contributed by atoms with Gasteiger partial charge >= 0.3 is 0 Å². The Kier molecular flexibility index (Phi) is 1.49. The lowest BCUT2D eigenvalue weighted by atomic mass is 10.1. The predicted octanol–water partition coefficient (Wildman–Crippen LogP) is 2.40. The van der Waals surface area contributed by atoms with Gasteiger partial charge in [-0.3, -0.25) is 0 Å². The third kappa shape index (κ3) is 0.984. The normalized spacial score (nSPS) is 26.2. The van der Waals surface area contributed by atoms with Gasteiger partial charge in [-0.15, -0.1) is 0 Å². The zero-order valence-electron chi connectivity index (χ0n) is 4.66. The highest BCUT2D eigenvalue weighted by molar-refractivity contribution is 4.90. The molecule has 1 saturated carbocycles. The summed E-state index contributed by atoms with van der Waals surface area (Å²) in [4.78, 5) is 0. The monoisotopic (exact) mass is 119 g/mol. The van der Waals surface area contributed by atoms with Crippen LogP contribution in [0.25, 0.3) is 0 Å². The van der Waals surface area contributed by atoms with Crippen LogP contribution in [0.3, 0.4) is 0 Å². The molecule has 0 heterocycles. The van der Waals surface area contributed by atoms with E-state index >= 15 is 0 Å². The molecule has 0 N–H and O–H groups in total. The first-order valence-electron chi connectivity index (χ1n) is 2.90. The molecule has 0 unspecified atom stereocenters. The van der Waals surface area contributed by atoms with Crippen molar-refractivity contribution in [2.45, 2.75) is 31.4 Å². The van der Waals surface area contributed by atoms with Gasteiger partial charge in [0.1, 0.15) is 5.67 Å². The van der Waals surface area contributed by atoms with Crippen molar-refractivity contribution in [2.24, 2.45) is 0 Å². The topological polar surface area (TPSA) is 0 Å². The second kappa shape index (κ2) is 2.00. The number of hydrogen-bond donors (Lipinski definition) is 0. The molecule has 2 heteroatoms. The summed E-state index contributed by atoms with van der Waals surface area (Å²) in [5, 5.41) is 0. The van der Waals surface area contributed by atoms with Crippen molar-refractivity contribution >= 4 is 0 Å². The fourth-order valence-corrected chi connectivity index (χ4v) is 1.07. The van der Waals surface area contributed by atoms with Crippen molar-refractivity contribution in [2.75, 3.05) is 0 Å². The Morgan fingerprint density at radius 3 is 2.00 bits per heavy atom. The summed E-state index contributed by atoms with van der Waals surface area (Å²) < 4.78 is 24.2. The van der Waals surface area contributed by atoms with Crippen molar-refractivity contribution in [3.63, 3.8) is 0 Å². The lowest BCUT2D eigenvalue weighted by Gasteiger charge is -2.10. The summed E-state index contributed by atoms with van der Waals surface area (Å²) in [5.41, 5.74) is -1.56. The van der Waals surface area contributed by atoms with Crippen LogP contribution in [-0.2, 0) is 0 Å². The average molecular weight is 119 g/mol. The summed E-state index contributed by atoms with van der Waals surface area (Å²) in [6, 6.07) is 0. The van der Waals surface area contributed by atoms with E-state index in [0.29, 0.717) is 12.8 Å². The van der Waals surface area contributed by atoms with E-state index in [1.165, 1.54) is 0 Å². The van der Waals surface area contributed by atoms with Gasteiger partial charge in [-0.1, -0.05) is 12.8 Å². The van der Waals surface area contributed by atoms with Gasteiger partial charge in [-0.25, -0.2) is 8.78 Å². The maximum atomic E-state index is 12.6. The van der Waals surface area contributed by atoms with E-state index in [2.05, 4.69) is 0 Å². The lowest BCUT2D eigenvalue weighted by molar-refractivity contribution is 0.175. The van der Waals surface area contributed by atoms with Crippen LogP contribution in [0.5, 0.6) is 0 Å². The molecule has 1 aliphatic carbocycles. The van der Waals surface area contributed by atoms with E-state index in [0.717, 1.165) is 12.8 Å². The van der Waals surface area contributed by atoms with E-state index < -0.39 is 5.67 Å². The van der Waals surface area contributed by atoms with Gasteiger partial charge in [-0.2, -0.15) is 0 Å². The van der Waals surface area contributed by atoms with Crippen LogP contribution in [0, 0.1) is 6.67 Å². The summed E-state index contributed by atoms with van der Waals surface area (Å²) >= 11 is 0. The first-order chi connectivity index (χ1) is 3.77. The van der Waals surface area contributed by atoms with E-state index in [1.807, 2.05) is 0 Å². The first-order valence-corrected chi connectivity index (χ1v) is 2.90. The summed E-state index contributed by atoms with van der Waals surface area (Å²) in [5.74, 6) is 0. The minimum atomic E-state index is -1.56. The van der Waals surface area contributed by atoms with Crippen LogP contribution in [0.15, 0.2) is 0 Å². The molecular weight excluding hydrogens is 110 g/mol. The Morgan fingerprint density at radius 2 is 1.75 bits per heavy atom. The number of alkyl halides is 1. The molecule has 0 aliphatic heterocycles. The third-order valence-corrected chi connectivity index (χ3v) is 1.63. The molecule has 1 rings (SSSR count). The molecule has 1 aliphatic rings. The Hall–Kier alpha value is -0.140. The van der Waals surface area contributed by atoms with Crippen LogP contribution < -0.4 is 0 Å². The number of rotatable bonds is 1. The average Bonchev–Trinajstić information content (AvgIpc) is 2.17. The van der Waals surface area contributed by atoms with Gasteiger partial charge in [-0.05, 0) is 12.8 Å². The fraction of sp³-hybridized carbons (Fsp3) is 0.833. The Morgan fingerprint density at radius 1 is 1.25 bits per heavy atom. The Balaban J connectivity index is 2.40. The highest BCUT2D eigenvalue weighted by atomic mass is 19.2. The van der Waals surface area contributed by atoms with Gasteiger partial charge in [0.2, 0.25) is 0 Å². The molecule has 1 fully saturated rings. The molecule has 0 aromatic carbocycles. The minimum Gasteiger partial charge on any atom is -0.241 e. The second-order valence-corrected chi connectivity index (χ2v) is 2.35. The quantitative estimate of drug-likeness (QED) is 0.497. The highest BCUT2D eigenvalue weighted by Crippen LogP contribution is 2.35. The van der Waals surface area contributed by atoms with Crippen LogP contribution in [0.4, 0.5) is 8.78 Å². The number of hydrogen-bond acceptors (Lipinski definition) is 0. The van der Waals surface area contributed by atoms with Crippen molar-refractivity contribution < 1.29 is 8.78 Å². The van der Waals surface area contributed by atoms with Crippen molar-refractivity contribution in [1.29, 1.82) is 0 Å². The van der Waals surface area contributed by atoms with Crippen molar-refractivity contribution in [3.8, 4) is 0 Å². The summed E-state index contributed by atoms with van der Waals surface area (Å²) in [6.45, 7) is 0.194. The third-order valence-electron chi connectivity index (χ3n) is 1.63.